The van der Waals surface area contributed by atoms with Gasteiger partial charge in [-0.3, -0.25) is 0 Å². The first kappa shape index (κ1) is 12.3. The number of fused-ring (bicyclic) bond motifs is 2. The monoisotopic (exact) mass is 279 g/mol. The lowest BCUT2D eigenvalue weighted by atomic mass is 9.77. The molecule has 4 heteroatoms. The fourth-order valence-electron chi connectivity index (χ4n) is 2.96. The molecule has 0 fully saturated rings. The maximum Gasteiger partial charge on any atom is 0.149 e. The van der Waals surface area contributed by atoms with Crippen LogP contribution in [0, 0.1) is 5.82 Å². The number of para-hydroxylation sites is 1. The highest BCUT2D eigenvalue weighted by atomic mass is 19.1. The van der Waals surface area contributed by atoms with Crippen LogP contribution in [0.3, 0.4) is 0 Å². The van der Waals surface area contributed by atoms with Gasteiger partial charge in [-0.15, -0.1) is 0 Å². The molecule has 0 saturated carbocycles. The molecule has 0 aliphatic heterocycles. The molecule has 3 nitrogen and oxygen atoms in total. The SMILES string of the molecule is Fc1cccc2c(NCC3Cc4ccccc43)ncnc12. The maximum atomic E-state index is 13.7. The van der Waals surface area contributed by atoms with Crippen LogP contribution in [0.25, 0.3) is 10.9 Å². The molecule has 0 amide bonds. The summed E-state index contributed by atoms with van der Waals surface area (Å²) in [5, 5.41) is 4.07. The molecule has 2 aromatic carbocycles. The number of aromatic nitrogens is 2. The van der Waals surface area contributed by atoms with E-state index in [-0.39, 0.29) is 5.82 Å². The fraction of sp³-hybridized carbons (Fsp3) is 0.176. The molecular formula is C17H14FN3. The molecule has 0 saturated heterocycles. The third kappa shape index (κ3) is 2.03. The number of anilines is 1. The Hall–Kier alpha value is -2.49. The summed E-state index contributed by atoms with van der Waals surface area (Å²) in [7, 11) is 0. The Kier molecular flexibility index (Phi) is 2.81. The van der Waals surface area contributed by atoms with Crippen LogP contribution in [-0.4, -0.2) is 16.5 Å². The third-order valence-electron chi connectivity index (χ3n) is 4.09. The van der Waals surface area contributed by atoms with Crippen molar-refractivity contribution in [1.82, 2.24) is 9.97 Å². The van der Waals surface area contributed by atoms with Gasteiger partial charge in [0, 0.05) is 17.8 Å². The molecule has 1 aliphatic carbocycles. The Morgan fingerprint density at radius 1 is 1.10 bits per heavy atom. The lowest BCUT2D eigenvalue weighted by molar-refractivity contribution is 0.633. The molecule has 0 spiro atoms. The highest BCUT2D eigenvalue weighted by Crippen LogP contribution is 2.35. The van der Waals surface area contributed by atoms with Gasteiger partial charge in [0.1, 0.15) is 23.5 Å². The molecule has 104 valence electrons. The van der Waals surface area contributed by atoms with Crippen LogP contribution in [0.2, 0.25) is 0 Å². The van der Waals surface area contributed by atoms with Gasteiger partial charge < -0.3 is 5.32 Å². The van der Waals surface area contributed by atoms with Crippen LogP contribution in [-0.2, 0) is 6.42 Å². The van der Waals surface area contributed by atoms with E-state index in [0.717, 1.165) is 18.4 Å². The summed E-state index contributed by atoms with van der Waals surface area (Å²) in [6, 6.07) is 13.4. The molecule has 4 rings (SSSR count). The van der Waals surface area contributed by atoms with Crippen molar-refractivity contribution >= 4 is 16.7 Å². The van der Waals surface area contributed by atoms with Crippen molar-refractivity contribution < 1.29 is 4.39 Å². The highest BCUT2D eigenvalue weighted by Gasteiger charge is 2.25. The van der Waals surface area contributed by atoms with Gasteiger partial charge in [-0.25, -0.2) is 14.4 Å². The average Bonchev–Trinajstić information content (AvgIpc) is 2.49. The van der Waals surface area contributed by atoms with Crippen molar-refractivity contribution in [1.29, 1.82) is 0 Å². The quantitative estimate of drug-likeness (QED) is 0.797. The van der Waals surface area contributed by atoms with Gasteiger partial charge in [0.25, 0.3) is 0 Å². The molecule has 21 heavy (non-hydrogen) atoms. The predicted octanol–water partition coefficient (Wildman–Crippen LogP) is 3.52. The number of rotatable bonds is 3. The molecule has 1 aromatic heterocycles. The molecule has 0 bridgehead atoms. The van der Waals surface area contributed by atoms with Crippen molar-refractivity contribution in [2.24, 2.45) is 0 Å². The molecular weight excluding hydrogens is 265 g/mol. The normalized spacial score (nSPS) is 16.3. The minimum absolute atomic E-state index is 0.313. The van der Waals surface area contributed by atoms with E-state index in [1.807, 2.05) is 6.07 Å². The van der Waals surface area contributed by atoms with E-state index in [1.54, 1.807) is 6.07 Å². The van der Waals surface area contributed by atoms with Gasteiger partial charge in [-0.1, -0.05) is 30.3 Å². The van der Waals surface area contributed by atoms with Gasteiger partial charge in [0.15, 0.2) is 0 Å². The predicted molar refractivity (Wildman–Crippen MR) is 80.9 cm³/mol. The second-order valence-electron chi connectivity index (χ2n) is 5.34. The summed E-state index contributed by atoms with van der Waals surface area (Å²) in [4.78, 5) is 8.26. The number of halogens is 1. The number of benzene rings is 2. The number of hydrogen-bond acceptors (Lipinski definition) is 3. The summed E-state index contributed by atoms with van der Waals surface area (Å²) in [5.74, 6) is 0.885. The van der Waals surface area contributed by atoms with E-state index in [1.165, 1.54) is 23.5 Å². The molecule has 1 heterocycles. The zero-order valence-electron chi connectivity index (χ0n) is 11.4. The van der Waals surface area contributed by atoms with E-state index in [2.05, 4.69) is 39.6 Å². The first-order chi connectivity index (χ1) is 10.3. The standard InChI is InChI=1S/C17H14FN3/c18-15-7-3-6-14-16(15)20-10-21-17(14)19-9-12-8-11-4-1-2-5-13(11)12/h1-7,10,12H,8-9H2,(H,19,20,21). The maximum absolute atomic E-state index is 13.7. The van der Waals surface area contributed by atoms with E-state index in [0.29, 0.717) is 17.3 Å². The minimum atomic E-state index is -0.313. The molecule has 1 aliphatic rings. The molecule has 1 unspecified atom stereocenters. The summed E-state index contributed by atoms with van der Waals surface area (Å²) >= 11 is 0. The lowest BCUT2D eigenvalue weighted by Gasteiger charge is -2.30. The Balaban J connectivity index is 1.58. The number of hydrogen-bond donors (Lipinski definition) is 1. The smallest absolute Gasteiger partial charge is 0.149 e. The Morgan fingerprint density at radius 2 is 2.00 bits per heavy atom. The van der Waals surface area contributed by atoms with Crippen molar-refractivity contribution in [2.75, 3.05) is 11.9 Å². The second kappa shape index (κ2) is 4.81. The number of nitrogens with zero attached hydrogens (tertiary/aromatic N) is 2. The van der Waals surface area contributed by atoms with Crippen LogP contribution in [0.5, 0.6) is 0 Å². The van der Waals surface area contributed by atoms with E-state index >= 15 is 0 Å². The van der Waals surface area contributed by atoms with E-state index < -0.39 is 0 Å². The van der Waals surface area contributed by atoms with Crippen molar-refractivity contribution in [3.05, 3.63) is 65.7 Å². The minimum Gasteiger partial charge on any atom is -0.369 e. The topological polar surface area (TPSA) is 37.8 Å². The Morgan fingerprint density at radius 3 is 2.90 bits per heavy atom. The van der Waals surface area contributed by atoms with Crippen molar-refractivity contribution in [2.45, 2.75) is 12.3 Å². The molecule has 0 radical (unpaired) electrons. The van der Waals surface area contributed by atoms with Crippen LogP contribution in [0.1, 0.15) is 17.0 Å². The second-order valence-corrected chi connectivity index (χ2v) is 5.34. The lowest BCUT2D eigenvalue weighted by Crippen LogP contribution is -2.24. The van der Waals surface area contributed by atoms with Crippen LogP contribution in [0.15, 0.2) is 48.8 Å². The van der Waals surface area contributed by atoms with Crippen LogP contribution in [0.4, 0.5) is 10.2 Å². The summed E-state index contributed by atoms with van der Waals surface area (Å²) < 4.78 is 13.7. The highest BCUT2D eigenvalue weighted by molar-refractivity contribution is 5.89. The summed E-state index contributed by atoms with van der Waals surface area (Å²) in [6.07, 6.45) is 2.49. The van der Waals surface area contributed by atoms with Gasteiger partial charge >= 0.3 is 0 Å². The molecule has 1 N–H and O–H groups in total. The fourth-order valence-corrected chi connectivity index (χ4v) is 2.96. The van der Waals surface area contributed by atoms with Gasteiger partial charge in [-0.2, -0.15) is 0 Å². The average molecular weight is 279 g/mol. The van der Waals surface area contributed by atoms with E-state index in [9.17, 15) is 4.39 Å². The van der Waals surface area contributed by atoms with Gasteiger partial charge in [-0.05, 0) is 29.7 Å². The van der Waals surface area contributed by atoms with Crippen LogP contribution < -0.4 is 5.32 Å². The number of nitrogens with one attached hydrogen (secondary N) is 1. The van der Waals surface area contributed by atoms with E-state index in [4.69, 9.17) is 0 Å². The summed E-state index contributed by atoms with van der Waals surface area (Å²) in [5.41, 5.74) is 3.18. The zero-order valence-corrected chi connectivity index (χ0v) is 11.4. The van der Waals surface area contributed by atoms with Gasteiger partial charge in [0.05, 0.1) is 0 Å². The van der Waals surface area contributed by atoms with Gasteiger partial charge in [0.2, 0.25) is 0 Å². The molecule has 1 atom stereocenters. The Bertz CT molecular complexity index is 816. The first-order valence-corrected chi connectivity index (χ1v) is 7.04. The molecule has 3 aromatic rings. The Labute approximate surface area is 121 Å². The third-order valence-corrected chi connectivity index (χ3v) is 4.09. The van der Waals surface area contributed by atoms with Crippen molar-refractivity contribution in [3.63, 3.8) is 0 Å². The van der Waals surface area contributed by atoms with Crippen molar-refractivity contribution in [3.8, 4) is 0 Å². The zero-order chi connectivity index (χ0) is 14.2. The largest absolute Gasteiger partial charge is 0.369 e. The van der Waals surface area contributed by atoms with Crippen LogP contribution >= 0.6 is 0 Å². The first-order valence-electron chi connectivity index (χ1n) is 7.04. The summed E-state index contributed by atoms with van der Waals surface area (Å²) in [6.45, 7) is 0.805.